The van der Waals surface area contributed by atoms with Gasteiger partial charge in [-0.25, -0.2) is 9.18 Å². The highest BCUT2D eigenvalue weighted by Gasteiger charge is 2.24. The Kier molecular flexibility index (Phi) is 6.90. The van der Waals surface area contributed by atoms with Crippen LogP contribution >= 0.6 is 11.6 Å². The van der Waals surface area contributed by atoms with Crippen LogP contribution in [-0.2, 0) is 9.53 Å². The first kappa shape index (κ1) is 20.4. The molecule has 3 N–H and O–H groups in total. The number of nitrogens with one attached hydrogen (secondary N) is 1. The Morgan fingerprint density at radius 2 is 1.78 bits per heavy atom. The number of hydrogen-bond donors (Lipinski definition) is 2. The largest absolute Gasteiger partial charge is 0.454 e. The zero-order valence-corrected chi connectivity index (χ0v) is 15.2. The molecule has 0 aromatic heterocycles. The van der Waals surface area contributed by atoms with Gasteiger partial charge in [-0.1, -0.05) is 29.8 Å². The zero-order valence-electron chi connectivity index (χ0n) is 14.4. The van der Waals surface area contributed by atoms with Crippen molar-refractivity contribution in [3.05, 3.63) is 70.5 Å². The molecule has 0 fully saturated rings. The van der Waals surface area contributed by atoms with Gasteiger partial charge in [-0.3, -0.25) is 9.59 Å². The maximum absolute atomic E-state index is 13.0. The molecule has 2 atom stereocenters. The lowest BCUT2D eigenvalue weighted by molar-refractivity contribution is -0.146. The summed E-state index contributed by atoms with van der Waals surface area (Å²) in [6.07, 6.45) is -1.35. The van der Waals surface area contributed by atoms with Gasteiger partial charge in [0, 0.05) is 10.6 Å². The number of carbonyl (C=O) groups excluding carboxylic acids is 3. The predicted molar refractivity (Wildman–Crippen MR) is 97.8 cm³/mol. The summed E-state index contributed by atoms with van der Waals surface area (Å²) in [7, 11) is 0. The number of halogens is 2. The summed E-state index contributed by atoms with van der Waals surface area (Å²) in [5.74, 6) is -1.67. The molecule has 2 aromatic rings. The van der Waals surface area contributed by atoms with E-state index in [0.29, 0.717) is 10.6 Å². The van der Waals surface area contributed by atoms with Crippen molar-refractivity contribution in [3.63, 3.8) is 0 Å². The number of carbonyl (C=O) groups is 3. The standard InChI is InChI=1S/C19H18ClFN2O4/c1-11(18(25)12-6-8-13(21)9-7-12)27-17(24)10-16(23-19(22)26)14-4-2-3-5-15(14)20/h2-9,11,16H,10H2,1H3,(H3,22,23,26)/t11-,16+/m0/s1. The summed E-state index contributed by atoms with van der Waals surface area (Å²) in [5, 5.41) is 2.78. The molecule has 0 spiro atoms. The Labute approximate surface area is 160 Å². The maximum Gasteiger partial charge on any atom is 0.312 e. The van der Waals surface area contributed by atoms with Crippen LogP contribution in [0.2, 0.25) is 5.02 Å². The van der Waals surface area contributed by atoms with Crippen LogP contribution in [0.1, 0.15) is 35.3 Å². The van der Waals surface area contributed by atoms with E-state index in [2.05, 4.69) is 5.32 Å². The fourth-order valence-electron chi connectivity index (χ4n) is 2.48. The molecule has 2 rings (SSSR count). The minimum Gasteiger partial charge on any atom is -0.454 e. The van der Waals surface area contributed by atoms with Crippen molar-refractivity contribution in [1.29, 1.82) is 0 Å². The van der Waals surface area contributed by atoms with Crippen LogP contribution in [0.4, 0.5) is 9.18 Å². The second-order valence-electron chi connectivity index (χ2n) is 5.79. The second kappa shape index (κ2) is 9.14. The summed E-state index contributed by atoms with van der Waals surface area (Å²) >= 11 is 6.11. The number of nitrogens with two attached hydrogens (primary N) is 1. The Morgan fingerprint density at radius 1 is 1.15 bits per heavy atom. The average Bonchev–Trinajstić information content (AvgIpc) is 2.61. The first-order valence-corrected chi connectivity index (χ1v) is 8.45. The summed E-state index contributed by atoms with van der Waals surface area (Å²) in [4.78, 5) is 35.8. The van der Waals surface area contributed by atoms with Gasteiger partial charge in [0.2, 0.25) is 5.78 Å². The third kappa shape index (κ3) is 5.79. The van der Waals surface area contributed by atoms with Crippen molar-refractivity contribution in [2.45, 2.75) is 25.5 Å². The fraction of sp³-hybridized carbons (Fsp3) is 0.211. The van der Waals surface area contributed by atoms with Gasteiger partial charge >= 0.3 is 12.0 Å². The molecule has 0 unspecified atom stereocenters. The van der Waals surface area contributed by atoms with E-state index in [1.165, 1.54) is 19.1 Å². The van der Waals surface area contributed by atoms with E-state index in [4.69, 9.17) is 22.1 Å². The number of amides is 2. The molecule has 0 saturated carbocycles. The molecule has 0 saturated heterocycles. The highest BCUT2D eigenvalue weighted by Crippen LogP contribution is 2.25. The Balaban J connectivity index is 2.06. The van der Waals surface area contributed by atoms with Crippen LogP contribution in [0.5, 0.6) is 0 Å². The minimum atomic E-state index is -1.08. The van der Waals surface area contributed by atoms with Gasteiger partial charge in [0.25, 0.3) is 0 Å². The number of hydrogen-bond acceptors (Lipinski definition) is 4. The molecule has 0 aliphatic rings. The molecule has 0 radical (unpaired) electrons. The number of rotatable bonds is 7. The Bertz CT molecular complexity index is 842. The molecular weight excluding hydrogens is 375 g/mol. The van der Waals surface area contributed by atoms with E-state index < -0.39 is 35.7 Å². The van der Waals surface area contributed by atoms with Crippen LogP contribution in [0.25, 0.3) is 0 Å². The molecule has 0 aliphatic carbocycles. The summed E-state index contributed by atoms with van der Waals surface area (Å²) in [6, 6.07) is 9.92. The van der Waals surface area contributed by atoms with Crippen molar-refractivity contribution in [3.8, 4) is 0 Å². The minimum absolute atomic E-state index is 0.217. The maximum atomic E-state index is 13.0. The molecule has 142 valence electrons. The number of benzene rings is 2. The highest BCUT2D eigenvalue weighted by molar-refractivity contribution is 6.31. The molecule has 0 bridgehead atoms. The van der Waals surface area contributed by atoms with Crippen molar-refractivity contribution in [2.75, 3.05) is 0 Å². The van der Waals surface area contributed by atoms with E-state index >= 15 is 0 Å². The molecule has 6 nitrogen and oxygen atoms in total. The van der Waals surface area contributed by atoms with E-state index in [-0.39, 0.29) is 12.0 Å². The van der Waals surface area contributed by atoms with Crippen LogP contribution in [0.15, 0.2) is 48.5 Å². The van der Waals surface area contributed by atoms with Gasteiger partial charge in [-0.2, -0.15) is 0 Å². The van der Waals surface area contributed by atoms with Crippen LogP contribution in [0, 0.1) is 5.82 Å². The lowest BCUT2D eigenvalue weighted by Gasteiger charge is -2.20. The predicted octanol–water partition coefficient (Wildman–Crippen LogP) is 3.39. The first-order valence-electron chi connectivity index (χ1n) is 8.07. The summed E-state index contributed by atoms with van der Waals surface area (Å²) in [6.45, 7) is 1.41. The number of esters is 1. The van der Waals surface area contributed by atoms with Gasteiger partial charge in [0.05, 0.1) is 12.5 Å². The van der Waals surface area contributed by atoms with Gasteiger partial charge in [-0.15, -0.1) is 0 Å². The Morgan fingerprint density at radius 3 is 2.37 bits per heavy atom. The first-order chi connectivity index (χ1) is 12.8. The van der Waals surface area contributed by atoms with Crippen LogP contribution in [0.3, 0.4) is 0 Å². The highest BCUT2D eigenvalue weighted by atomic mass is 35.5. The summed E-state index contributed by atoms with van der Waals surface area (Å²) in [5.41, 5.74) is 5.87. The molecule has 27 heavy (non-hydrogen) atoms. The molecule has 2 aromatic carbocycles. The van der Waals surface area contributed by atoms with Crippen molar-refractivity contribution >= 4 is 29.4 Å². The lowest BCUT2D eigenvalue weighted by atomic mass is 10.0. The monoisotopic (exact) mass is 392 g/mol. The topological polar surface area (TPSA) is 98.5 Å². The van der Waals surface area contributed by atoms with E-state index in [1.807, 2.05) is 0 Å². The zero-order chi connectivity index (χ0) is 20.0. The van der Waals surface area contributed by atoms with Gasteiger partial charge in [0.1, 0.15) is 5.82 Å². The second-order valence-corrected chi connectivity index (χ2v) is 6.20. The molecule has 0 heterocycles. The lowest BCUT2D eigenvalue weighted by Crippen LogP contribution is -2.35. The Hall–Kier alpha value is -2.93. The van der Waals surface area contributed by atoms with Gasteiger partial charge in [0.15, 0.2) is 6.10 Å². The smallest absolute Gasteiger partial charge is 0.312 e. The third-order valence-electron chi connectivity index (χ3n) is 3.77. The van der Waals surface area contributed by atoms with Crippen LogP contribution < -0.4 is 11.1 Å². The molecule has 2 amide bonds. The van der Waals surface area contributed by atoms with Crippen molar-refractivity contribution in [1.82, 2.24) is 5.32 Å². The quantitative estimate of drug-likeness (QED) is 0.557. The number of primary amides is 1. The molecule has 8 heteroatoms. The van der Waals surface area contributed by atoms with Gasteiger partial charge < -0.3 is 15.8 Å². The number of Topliss-reactive ketones (excluding diaryl/α,β-unsaturated/α-hetero) is 1. The third-order valence-corrected chi connectivity index (χ3v) is 4.12. The fourth-order valence-corrected chi connectivity index (χ4v) is 2.75. The van der Waals surface area contributed by atoms with E-state index in [1.54, 1.807) is 24.3 Å². The normalized spacial score (nSPS) is 12.7. The number of ketones is 1. The van der Waals surface area contributed by atoms with Crippen LogP contribution in [-0.4, -0.2) is 23.9 Å². The number of urea groups is 1. The van der Waals surface area contributed by atoms with Crippen molar-refractivity contribution < 1.29 is 23.5 Å². The average molecular weight is 393 g/mol. The van der Waals surface area contributed by atoms with Crippen molar-refractivity contribution in [2.24, 2.45) is 5.73 Å². The SMILES string of the molecule is C[C@H](OC(=O)C[C@@H](NC(N)=O)c1ccccc1Cl)C(=O)c1ccc(F)cc1. The summed E-state index contributed by atoms with van der Waals surface area (Å²) < 4.78 is 18.1. The number of ether oxygens (including phenoxy) is 1. The molecular formula is C19H18ClFN2O4. The van der Waals surface area contributed by atoms with E-state index in [0.717, 1.165) is 12.1 Å². The van der Waals surface area contributed by atoms with E-state index in [9.17, 15) is 18.8 Å². The molecule has 0 aliphatic heterocycles. The van der Waals surface area contributed by atoms with Gasteiger partial charge in [-0.05, 0) is 42.8 Å².